The Morgan fingerprint density at radius 3 is 3.00 bits per heavy atom. The number of hydrogen-bond donors (Lipinski definition) is 1. The van der Waals surface area contributed by atoms with Gasteiger partial charge in [-0.2, -0.15) is 0 Å². The van der Waals surface area contributed by atoms with E-state index in [1.54, 1.807) is 18.1 Å². The molecule has 1 aliphatic carbocycles. The molecule has 0 spiro atoms. The van der Waals surface area contributed by atoms with Crippen LogP contribution in [0.25, 0.3) is 0 Å². The largest absolute Gasteiger partial charge is 0.333 e. The van der Waals surface area contributed by atoms with Gasteiger partial charge in [-0.15, -0.1) is 5.10 Å². The molecule has 1 N–H and O–H groups in total. The summed E-state index contributed by atoms with van der Waals surface area (Å²) >= 11 is 0. The number of carbonyl (C=O) groups excluding carboxylic acids is 1. The lowest BCUT2D eigenvalue weighted by molar-refractivity contribution is 0.0771. The second kappa shape index (κ2) is 4.79. The third-order valence-electron chi connectivity index (χ3n) is 3.13. The van der Waals surface area contributed by atoms with Gasteiger partial charge in [0.2, 0.25) is 5.82 Å². The summed E-state index contributed by atoms with van der Waals surface area (Å²) in [4.78, 5) is 22.2. The van der Waals surface area contributed by atoms with Gasteiger partial charge in [0, 0.05) is 19.2 Å². The van der Waals surface area contributed by atoms with Gasteiger partial charge in [-0.1, -0.05) is 6.07 Å². The van der Waals surface area contributed by atoms with Crippen molar-refractivity contribution < 1.29 is 4.79 Å². The molecule has 0 radical (unpaired) electrons. The molecule has 1 aliphatic rings. The van der Waals surface area contributed by atoms with E-state index in [9.17, 15) is 4.79 Å². The summed E-state index contributed by atoms with van der Waals surface area (Å²) < 4.78 is 0. The lowest BCUT2D eigenvalue weighted by Gasteiger charge is -2.14. The molecule has 98 valence electrons. The number of H-pyrrole nitrogens is 1. The predicted octanol–water partition coefficient (Wildman–Crippen LogP) is 1.35. The first-order valence-corrected chi connectivity index (χ1v) is 6.31. The minimum absolute atomic E-state index is 0.186. The normalized spacial score (nSPS) is 14.4. The van der Waals surface area contributed by atoms with Crippen molar-refractivity contribution in [2.75, 3.05) is 7.05 Å². The zero-order valence-corrected chi connectivity index (χ0v) is 10.7. The van der Waals surface area contributed by atoms with E-state index in [0.29, 0.717) is 12.5 Å². The van der Waals surface area contributed by atoms with Gasteiger partial charge in [0.1, 0.15) is 5.82 Å². The predicted molar refractivity (Wildman–Crippen MR) is 68.4 cm³/mol. The third kappa shape index (κ3) is 2.62. The summed E-state index contributed by atoms with van der Waals surface area (Å²) in [6.07, 6.45) is 3.98. The number of pyridine rings is 1. The molecule has 0 saturated heterocycles. The molecule has 0 unspecified atom stereocenters. The number of carbonyl (C=O) groups is 1. The molecule has 2 aromatic heterocycles. The van der Waals surface area contributed by atoms with Crippen LogP contribution in [0.15, 0.2) is 24.4 Å². The molecule has 2 aromatic rings. The summed E-state index contributed by atoms with van der Waals surface area (Å²) in [6, 6.07) is 5.64. The van der Waals surface area contributed by atoms with Gasteiger partial charge >= 0.3 is 0 Å². The van der Waals surface area contributed by atoms with Gasteiger partial charge in [0.05, 0.1) is 12.2 Å². The highest BCUT2D eigenvalue weighted by molar-refractivity contribution is 5.90. The van der Waals surface area contributed by atoms with E-state index in [4.69, 9.17) is 0 Å². The molecular weight excluding hydrogens is 242 g/mol. The quantitative estimate of drug-likeness (QED) is 0.897. The highest BCUT2D eigenvalue weighted by Crippen LogP contribution is 2.37. The third-order valence-corrected chi connectivity index (χ3v) is 3.13. The molecule has 6 nitrogen and oxygen atoms in total. The van der Waals surface area contributed by atoms with E-state index in [1.165, 1.54) is 0 Å². The Bertz CT molecular complexity index is 576. The summed E-state index contributed by atoms with van der Waals surface area (Å²) in [6.45, 7) is 0.451. The molecule has 0 aliphatic heterocycles. The zero-order valence-electron chi connectivity index (χ0n) is 10.7. The minimum Gasteiger partial charge on any atom is -0.333 e. The van der Waals surface area contributed by atoms with Crippen LogP contribution >= 0.6 is 0 Å². The van der Waals surface area contributed by atoms with Crippen LogP contribution in [0.4, 0.5) is 0 Å². The van der Waals surface area contributed by atoms with Gasteiger partial charge in [-0.25, -0.2) is 4.98 Å². The monoisotopic (exact) mass is 257 g/mol. The Labute approximate surface area is 110 Å². The Kier molecular flexibility index (Phi) is 2.98. The molecule has 2 heterocycles. The summed E-state index contributed by atoms with van der Waals surface area (Å²) in [7, 11) is 1.73. The van der Waals surface area contributed by atoms with E-state index in [1.807, 2.05) is 18.2 Å². The molecule has 1 amide bonds. The molecule has 0 bridgehead atoms. The van der Waals surface area contributed by atoms with Crippen molar-refractivity contribution in [2.24, 2.45) is 0 Å². The van der Waals surface area contributed by atoms with Crippen LogP contribution in [0.1, 0.15) is 40.9 Å². The van der Waals surface area contributed by atoms with E-state index in [-0.39, 0.29) is 11.7 Å². The number of aromatic amines is 1. The van der Waals surface area contributed by atoms with E-state index >= 15 is 0 Å². The fraction of sp³-hybridized carbons (Fsp3) is 0.385. The van der Waals surface area contributed by atoms with Crippen molar-refractivity contribution in [3.8, 4) is 0 Å². The van der Waals surface area contributed by atoms with Crippen molar-refractivity contribution in [2.45, 2.75) is 25.3 Å². The van der Waals surface area contributed by atoms with Gasteiger partial charge in [-0.3, -0.25) is 14.9 Å². The van der Waals surface area contributed by atoms with Gasteiger partial charge in [0.25, 0.3) is 5.91 Å². The van der Waals surface area contributed by atoms with Crippen LogP contribution in [-0.4, -0.2) is 38.0 Å². The lowest BCUT2D eigenvalue weighted by Crippen LogP contribution is -2.27. The molecule has 0 aromatic carbocycles. The number of aromatic nitrogens is 4. The average molecular weight is 257 g/mol. The van der Waals surface area contributed by atoms with Crippen LogP contribution in [0.5, 0.6) is 0 Å². The SMILES string of the molecule is CN(Cc1ccccn1)C(=O)c1n[nH]c(C2CC2)n1. The fourth-order valence-corrected chi connectivity index (χ4v) is 1.89. The van der Waals surface area contributed by atoms with Crippen molar-refractivity contribution in [1.29, 1.82) is 0 Å². The number of rotatable bonds is 4. The van der Waals surface area contributed by atoms with Crippen molar-refractivity contribution >= 4 is 5.91 Å². The van der Waals surface area contributed by atoms with Crippen LogP contribution in [0, 0.1) is 0 Å². The first kappa shape index (κ1) is 11.8. The Balaban J connectivity index is 1.68. The van der Waals surface area contributed by atoms with Gasteiger partial charge in [0.15, 0.2) is 0 Å². The second-order valence-corrected chi connectivity index (χ2v) is 4.80. The first-order valence-electron chi connectivity index (χ1n) is 6.31. The van der Waals surface area contributed by atoms with Crippen LogP contribution in [0.2, 0.25) is 0 Å². The smallest absolute Gasteiger partial charge is 0.293 e. The zero-order chi connectivity index (χ0) is 13.2. The van der Waals surface area contributed by atoms with Gasteiger partial charge in [-0.05, 0) is 25.0 Å². The maximum Gasteiger partial charge on any atom is 0.293 e. The van der Waals surface area contributed by atoms with E-state index in [2.05, 4.69) is 20.2 Å². The van der Waals surface area contributed by atoms with Crippen molar-refractivity contribution in [3.63, 3.8) is 0 Å². The summed E-state index contributed by atoms with van der Waals surface area (Å²) in [5.74, 6) is 1.35. The number of hydrogen-bond acceptors (Lipinski definition) is 4. The van der Waals surface area contributed by atoms with Crippen LogP contribution in [-0.2, 0) is 6.54 Å². The van der Waals surface area contributed by atoms with Gasteiger partial charge < -0.3 is 4.90 Å². The molecule has 3 rings (SSSR count). The molecular formula is C13H15N5O. The first-order chi connectivity index (χ1) is 9.24. The maximum absolute atomic E-state index is 12.2. The minimum atomic E-state index is -0.186. The average Bonchev–Trinajstić information content (AvgIpc) is 3.17. The highest BCUT2D eigenvalue weighted by atomic mass is 16.2. The van der Waals surface area contributed by atoms with E-state index < -0.39 is 0 Å². The number of amides is 1. The molecule has 1 saturated carbocycles. The maximum atomic E-state index is 12.2. The van der Waals surface area contributed by atoms with Crippen molar-refractivity contribution in [1.82, 2.24) is 25.1 Å². The van der Waals surface area contributed by atoms with E-state index in [0.717, 1.165) is 24.4 Å². The lowest BCUT2D eigenvalue weighted by atomic mass is 10.3. The number of nitrogens with zero attached hydrogens (tertiary/aromatic N) is 4. The topological polar surface area (TPSA) is 74.8 Å². The highest BCUT2D eigenvalue weighted by Gasteiger charge is 2.28. The Hall–Kier alpha value is -2.24. The fourth-order valence-electron chi connectivity index (χ4n) is 1.89. The Morgan fingerprint density at radius 2 is 2.32 bits per heavy atom. The van der Waals surface area contributed by atoms with Crippen molar-refractivity contribution in [3.05, 3.63) is 41.7 Å². The number of nitrogens with one attached hydrogen (secondary N) is 1. The molecule has 0 atom stereocenters. The van der Waals surface area contributed by atoms with Crippen LogP contribution < -0.4 is 0 Å². The summed E-state index contributed by atoms with van der Waals surface area (Å²) in [5.41, 5.74) is 0.844. The Morgan fingerprint density at radius 1 is 1.47 bits per heavy atom. The second-order valence-electron chi connectivity index (χ2n) is 4.80. The molecule has 1 fully saturated rings. The molecule has 6 heteroatoms. The molecule has 19 heavy (non-hydrogen) atoms. The summed E-state index contributed by atoms with van der Waals surface area (Å²) in [5, 5.41) is 6.84. The standard InChI is InChI=1S/C13H15N5O/c1-18(8-10-4-2-3-7-14-10)13(19)12-15-11(16-17-12)9-5-6-9/h2-4,7,9H,5-6,8H2,1H3,(H,15,16,17). The van der Waals surface area contributed by atoms with Crippen LogP contribution in [0.3, 0.4) is 0 Å².